The fraction of sp³-hybridized carbons (Fsp3) is 0.525. The Balaban J connectivity index is 1.14. The molecule has 12 heteroatoms. The number of anilines is 1. The van der Waals surface area contributed by atoms with E-state index in [4.69, 9.17) is 35.3 Å². The zero-order chi connectivity index (χ0) is 35.8. The molecule has 1 spiro atoms. The maximum absolute atomic E-state index is 17.2. The number of methoxy groups -OCH3 is 1. The summed E-state index contributed by atoms with van der Waals surface area (Å²) in [5.41, 5.74) is 0.164. The first-order valence-electron chi connectivity index (χ1n) is 18.4. The Bertz CT molecular complexity index is 2110. The van der Waals surface area contributed by atoms with Gasteiger partial charge in [-0.1, -0.05) is 18.4 Å². The molecule has 272 valence electrons. The minimum Gasteiger partial charge on any atom is -0.508 e. The maximum atomic E-state index is 17.2. The average molecular weight is 712 g/mol. The zero-order valence-electron chi connectivity index (χ0n) is 29.6. The van der Waals surface area contributed by atoms with Crippen LogP contribution >= 0.6 is 0 Å². The molecule has 9 rings (SSSR count). The van der Waals surface area contributed by atoms with Crippen LogP contribution in [-0.2, 0) is 9.47 Å². The fourth-order valence-corrected chi connectivity index (χ4v) is 9.87. The number of hydrogen-bond acceptors (Lipinski definition) is 10. The number of halogens is 2. The Morgan fingerprint density at radius 1 is 1.08 bits per heavy atom. The summed E-state index contributed by atoms with van der Waals surface area (Å²) in [5.74, 6) is 1.33. The number of hydrogen-bond donors (Lipinski definition) is 1. The third kappa shape index (κ3) is 5.34. The number of morpholine rings is 1. The minimum absolute atomic E-state index is 0.0428. The van der Waals surface area contributed by atoms with Crippen molar-refractivity contribution in [3.05, 3.63) is 41.5 Å². The molecule has 3 unspecified atom stereocenters. The molecule has 5 heterocycles. The number of phenolic OH excluding ortho intramolecular Hbond substituents is 1. The van der Waals surface area contributed by atoms with Crippen LogP contribution in [0.3, 0.4) is 0 Å². The van der Waals surface area contributed by atoms with Gasteiger partial charge in [0.1, 0.15) is 34.0 Å². The number of likely N-dealkylation sites (tertiary alicyclic amines) is 1. The van der Waals surface area contributed by atoms with Crippen molar-refractivity contribution in [2.45, 2.75) is 70.1 Å². The molecular weight excluding hydrogens is 668 g/mol. The van der Waals surface area contributed by atoms with E-state index in [2.05, 4.69) is 15.8 Å². The molecule has 1 N–H and O–H groups in total. The molecule has 4 aromatic rings. The SMILES string of the molecule is C#Cc1c(F)ccc2cc(O)cc(-c3nc(OC)c4c(N5CCOC(C)C5)nc(OCC56CCCC5N(C5CC7(COC7)C5)CCC6)nc4c3F)c12. The number of fused-ring (bicyclic) bond motifs is 3. The van der Waals surface area contributed by atoms with Crippen molar-refractivity contribution in [2.75, 3.05) is 58.1 Å². The van der Waals surface area contributed by atoms with Gasteiger partial charge in [-0.15, -0.1) is 6.42 Å². The topological polar surface area (TPSA) is 102 Å². The summed E-state index contributed by atoms with van der Waals surface area (Å²) < 4.78 is 56.1. The van der Waals surface area contributed by atoms with E-state index in [1.807, 2.05) is 11.8 Å². The number of phenols is 1. The van der Waals surface area contributed by atoms with Gasteiger partial charge in [-0.25, -0.2) is 13.8 Å². The van der Waals surface area contributed by atoms with E-state index in [0.717, 1.165) is 51.9 Å². The van der Waals surface area contributed by atoms with Gasteiger partial charge >= 0.3 is 6.01 Å². The van der Waals surface area contributed by atoms with Gasteiger partial charge < -0.3 is 29.0 Å². The lowest BCUT2D eigenvalue weighted by atomic mass is 9.62. The normalized spacial score (nSPS) is 25.9. The highest BCUT2D eigenvalue weighted by atomic mass is 19.1. The van der Waals surface area contributed by atoms with Crippen LogP contribution in [0.15, 0.2) is 24.3 Å². The van der Waals surface area contributed by atoms with Crippen LogP contribution in [0, 0.1) is 34.8 Å². The van der Waals surface area contributed by atoms with Gasteiger partial charge in [-0.3, -0.25) is 4.90 Å². The molecule has 2 saturated carbocycles. The van der Waals surface area contributed by atoms with Crippen molar-refractivity contribution in [1.82, 2.24) is 19.9 Å². The van der Waals surface area contributed by atoms with E-state index >= 15 is 8.78 Å². The Kier molecular flexibility index (Phi) is 8.17. The number of benzene rings is 2. The third-order valence-corrected chi connectivity index (χ3v) is 12.4. The van der Waals surface area contributed by atoms with Gasteiger partial charge in [0.05, 0.1) is 45.2 Å². The number of nitrogens with zero attached hydrogens (tertiary/aromatic N) is 5. The molecule has 5 fully saturated rings. The van der Waals surface area contributed by atoms with Crippen molar-refractivity contribution < 1.29 is 32.8 Å². The molecular formula is C40H43F2N5O5. The molecule has 2 aromatic carbocycles. The van der Waals surface area contributed by atoms with E-state index in [1.54, 1.807) is 0 Å². The van der Waals surface area contributed by atoms with E-state index in [1.165, 1.54) is 44.2 Å². The largest absolute Gasteiger partial charge is 0.508 e. The fourth-order valence-electron chi connectivity index (χ4n) is 9.87. The lowest BCUT2D eigenvalue weighted by Gasteiger charge is -2.60. The lowest BCUT2D eigenvalue weighted by molar-refractivity contribution is -0.196. The summed E-state index contributed by atoms with van der Waals surface area (Å²) in [6.45, 7) is 6.78. The Morgan fingerprint density at radius 2 is 1.90 bits per heavy atom. The van der Waals surface area contributed by atoms with Crippen molar-refractivity contribution in [2.24, 2.45) is 10.8 Å². The van der Waals surface area contributed by atoms with Gasteiger partial charge in [0, 0.05) is 47.0 Å². The summed E-state index contributed by atoms with van der Waals surface area (Å²) >= 11 is 0. The number of aromatic nitrogens is 3. The van der Waals surface area contributed by atoms with Gasteiger partial charge in [0.25, 0.3) is 0 Å². The quantitative estimate of drug-likeness (QED) is 0.222. The monoisotopic (exact) mass is 711 g/mol. The predicted molar refractivity (Wildman–Crippen MR) is 192 cm³/mol. The Hall–Kier alpha value is -4.31. The van der Waals surface area contributed by atoms with Crippen LogP contribution in [0.5, 0.6) is 17.6 Å². The highest BCUT2D eigenvalue weighted by Crippen LogP contribution is 2.55. The number of aromatic hydroxyl groups is 1. The molecule has 3 aliphatic heterocycles. The molecule has 2 aromatic heterocycles. The van der Waals surface area contributed by atoms with E-state index in [-0.39, 0.29) is 62.3 Å². The average Bonchev–Trinajstić information content (AvgIpc) is 3.54. The number of pyridine rings is 1. The molecule has 52 heavy (non-hydrogen) atoms. The molecule has 0 radical (unpaired) electrons. The first-order valence-corrected chi connectivity index (χ1v) is 18.4. The van der Waals surface area contributed by atoms with Crippen LogP contribution in [-0.4, -0.2) is 96.3 Å². The maximum Gasteiger partial charge on any atom is 0.319 e. The Labute approximate surface area is 301 Å². The number of piperidine rings is 1. The second-order valence-corrected chi connectivity index (χ2v) is 15.6. The van der Waals surface area contributed by atoms with Crippen LogP contribution in [0.25, 0.3) is 32.9 Å². The molecule has 0 bridgehead atoms. The van der Waals surface area contributed by atoms with Crippen molar-refractivity contribution in [3.63, 3.8) is 0 Å². The van der Waals surface area contributed by atoms with Crippen LogP contribution in [0.1, 0.15) is 57.4 Å². The molecule has 10 nitrogen and oxygen atoms in total. The van der Waals surface area contributed by atoms with Crippen molar-refractivity contribution >= 4 is 27.5 Å². The molecule has 2 aliphatic carbocycles. The van der Waals surface area contributed by atoms with Crippen LogP contribution in [0.2, 0.25) is 0 Å². The predicted octanol–water partition coefficient (Wildman–Crippen LogP) is 6.24. The Morgan fingerprint density at radius 3 is 2.65 bits per heavy atom. The number of rotatable bonds is 7. The van der Waals surface area contributed by atoms with Gasteiger partial charge in [0.2, 0.25) is 5.88 Å². The highest BCUT2D eigenvalue weighted by Gasteiger charge is 2.56. The summed E-state index contributed by atoms with van der Waals surface area (Å²) in [6, 6.07) is 6.58. The van der Waals surface area contributed by atoms with Crippen molar-refractivity contribution in [3.8, 4) is 41.2 Å². The van der Waals surface area contributed by atoms with E-state index in [0.29, 0.717) is 55.0 Å². The van der Waals surface area contributed by atoms with E-state index < -0.39 is 11.6 Å². The van der Waals surface area contributed by atoms with Gasteiger partial charge in [-0.2, -0.15) is 9.97 Å². The summed E-state index contributed by atoms with van der Waals surface area (Å²) in [5, 5.41) is 11.7. The third-order valence-electron chi connectivity index (χ3n) is 12.4. The smallest absolute Gasteiger partial charge is 0.319 e. The van der Waals surface area contributed by atoms with E-state index in [9.17, 15) is 5.11 Å². The second kappa shape index (κ2) is 12.7. The minimum atomic E-state index is -0.788. The molecule has 3 saturated heterocycles. The highest BCUT2D eigenvalue weighted by molar-refractivity contribution is 6.04. The first-order chi connectivity index (χ1) is 25.2. The molecule has 5 aliphatic rings. The first kappa shape index (κ1) is 33.5. The van der Waals surface area contributed by atoms with Gasteiger partial charge in [0.15, 0.2) is 5.82 Å². The number of ether oxygens (including phenoxy) is 4. The lowest BCUT2D eigenvalue weighted by Crippen LogP contribution is -2.64. The summed E-state index contributed by atoms with van der Waals surface area (Å²) in [7, 11) is 1.45. The van der Waals surface area contributed by atoms with Crippen LogP contribution < -0.4 is 14.4 Å². The standard InChI is InChI=1S/C40H43F2N5O5/c1-4-27-29(41)9-8-24-15-26(48)16-28(31(24)27)34-33(42)35-32(37(43-34)49-3)36(46-13-14-51-23(2)19-46)45-38(44-35)52-22-40-10-5-7-30(40)47(12-6-11-40)25-17-39(18-25)20-50-21-39/h1,8-9,15-16,23,25,30,48H,5-7,10-14,17-22H2,2-3H3. The zero-order valence-corrected chi connectivity index (χ0v) is 29.6. The van der Waals surface area contributed by atoms with Crippen LogP contribution in [0.4, 0.5) is 14.6 Å². The summed E-state index contributed by atoms with van der Waals surface area (Å²) in [6.07, 6.45) is 13.6. The van der Waals surface area contributed by atoms with Crippen molar-refractivity contribution in [1.29, 1.82) is 0 Å². The molecule has 3 atom stereocenters. The number of terminal acetylenes is 1. The molecule has 0 amide bonds. The summed E-state index contributed by atoms with van der Waals surface area (Å²) in [4.78, 5) is 19.1. The van der Waals surface area contributed by atoms with Gasteiger partial charge in [-0.05, 0) is 75.6 Å². The second-order valence-electron chi connectivity index (χ2n) is 15.6.